The molecule has 0 saturated carbocycles. The molecule has 21 heavy (non-hydrogen) atoms. The van der Waals surface area contributed by atoms with Crippen LogP contribution >= 0.6 is 0 Å². The molecule has 1 atom stereocenters. The van der Waals surface area contributed by atoms with Gasteiger partial charge in [0, 0.05) is 24.8 Å². The Balaban J connectivity index is 2.16. The molecular formula is C16H19N5. The molecule has 5 heteroatoms. The van der Waals surface area contributed by atoms with Crippen LogP contribution in [0.1, 0.15) is 29.9 Å². The second kappa shape index (κ2) is 5.63. The van der Waals surface area contributed by atoms with Crippen molar-refractivity contribution in [2.24, 2.45) is 12.9 Å². The van der Waals surface area contributed by atoms with Gasteiger partial charge in [-0.25, -0.2) is 5.43 Å². The smallest absolute Gasteiger partial charge is 0.0884 e. The van der Waals surface area contributed by atoms with Crippen LogP contribution in [0.15, 0.2) is 42.7 Å². The molecule has 0 radical (unpaired) electrons. The van der Waals surface area contributed by atoms with Crippen molar-refractivity contribution in [2.75, 3.05) is 0 Å². The van der Waals surface area contributed by atoms with Crippen LogP contribution in [0.25, 0.3) is 10.8 Å². The Hall–Kier alpha value is -2.24. The Morgan fingerprint density at radius 2 is 2.19 bits per heavy atom. The van der Waals surface area contributed by atoms with Crippen LogP contribution in [0.3, 0.4) is 0 Å². The summed E-state index contributed by atoms with van der Waals surface area (Å²) in [5.41, 5.74) is 6.13. The fourth-order valence-electron chi connectivity index (χ4n) is 2.71. The Bertz CT molecular complexity index is 757. The number of rotatable bonds is 4. The zero-order valence-electron chi connectivity index (χ0n) is 12.2. The number of nitrogens with zero attached hydrogens (tertiary/aromatic N) is 3. The van der Waals surface area contributed by atoms with Crippen molar-refractivity contribution in [3.63, 3.8) is 0 Å². The average molecular weight is 281 g/mol. The maximum absolute atomic E-state index is 5.84. The summed E-state index contributed by atoms with van der Waals surface area (Å²) in [6, 6.07) is 10.2. The third kappa shape index (κ3) is 2.41. The van der Waals surface area contributed by atoms with Crippen molar-refractivity contribution < 1.29 is 0 Å². The van der Waals surface area contributed by atoms with Gasteiger partial charge in [0.2, 0.25) is 0 Å². The minimum Gasteiger partial charge on any atom is -0.271 e. The molecule has 2 aromatic heterocycles. The van der Waals surface area contributed by atoms with Gasteiger partial charge in [0.05, 0.1) is 17.4 Å². The summed E-state index contributed by atoms with van der Waals surface area (Å²) >= 11 is 0. The molecule has 0 aliphatic carbocycles. The average Bonchev–Trinajstić information content (AvgIpc) is 2.89. The highest BCUT2D eigenvalue weighted by molar-refractivity contribution is 5.85. The van der Waals surface area contributed by atoms with Crippen LogP contribution in [0.2, 0.25) is 0 Å². The first-order chi connectivity index (χ1) is 10.2. The lowest BCUT2D eigenvalue weighted by atomic mass is 9.98. The SMILES string of the molecule is CCc1cc(C(NN)c2cccc3ccncc23)n(C)n1. The van der Waals surface area contributed by atoms with Gasteiger partial charge in [-0.2, -0.15) is 5.10 Å². The summed E-state index contributed by atoms with van der Waals surface area (Å²) in [5.74, 6) is 5.84. The minimum atomic E-state index is -0.115. The maximum Gasteiger partial charge on any atom is 0.0884 e. The summed E-state index contributed by atoms with van der Waals surface area (Å²) in [7, 11) is 1.95. The lowest BCUT2D eigenvalue weighted by molar-refractivity contribution is 0.576. The minimum absolute atomic E-state index is 0.115. The van der Waals surface area contributed by atoms with Gasteiger partial charge in [-0.05, 0) is 29.5 Å². The Kier molecular flexibility index (Phi) is 3.68. The van der Waals surface area contributed by atoms with Gasteiger partial charge in [0.25, 0.3) is 0 Å². The van der Waals surface area contributed by atoms with Gasteiger partial charge in [0.15, 0.2) is 0 Å². The number of pyridine rings is 1. The van der Waals surface area contributed by atoms with Gasteiger partial charge in [0.1, 0.15) is 0 Å². The van der Waals surface area contributed by atoms with E-state index >= 15 is 0 Å². The molecule has 108 valence electrons. The molecule has 1 aromatic carbocycles. The molecule has 0 saturated heterocycles. The Labute approximate surface area is 123 Å². The molecule has 3 rings (SSSR count). The van der Waals surface area contributed by atoms with Crippen molar-refractivity contribution in [2.45, 2.75) is 19.4 Å². The first-order valence-electron chi connectivity index (χ1n) is 7.06. The summed E-state index contributed by atoms with van der Waals surface area (Å²) in [6.07, 6.45) is 4.59. The standard InChI is InChI=1S/C16H19N5/c1-3-12-9-15(21(2)20-12)16(19-17)13-6-4-5-11-7-8-18-10-14(11)13/h4-10,16,19H,3,17H2,1-2H3. The monoisotopic (exact) mass is 281 g/mol. The molecule has 0 fully saturated rings. The van der Waals surface area contributed by atoms with Gasteiger partial charge in [-0.15, -0.1) is 0 Å². The maximum atomic E-state index is 5.84. The van der Waals surface area contributed by atoms with Crippen LogP contribution in [0.4, 0.5) is 0 Å². The highest BCUT2D eigenvalue weighted by atomic mass is 15.3. The molecule has 0 aliphatic heterocycles. The van der Waals surface area contributed by atoms with E-state index in [0.29, 0.717) is 0 Å². The van der Waals surface area contributed by atoms with Crippen molar-refractivity contribution in [1.82, 2.24) is 20.2 Å². The second-order valence-electron chi connectivity index (χ2n) is 5.08. The number of aryl methyl sites for hydroxylation is 2. The van der Waals surface area contributed by atoms with Crippen LogP contribution < -0.4 is 11.3 Å². The van der Waals surface area contributed by atoms with Gasteiger partial charge in [-0.1, -0.05) is 25.1 Å². The molecule has 0 spiro atoms. The molecule has 3 N–H and O–H groups in total. The lowest BCUT2D eigenvalue weighted by Gasteiger charge is -2.18. The van der Waals surface area contributed by atoms with Crippen molar-refractivity contribution in [1.29, 1.82) is 0 Å². The molecule has 2 heterocycles. The van der Waals surface area contributed by atoms with E-state index in [1.54, 1.807) is 6.20 Å². The van der Waals surface area contributed by atoms with E-state index in [9.17, 15) is 0 Å². The molecular weight excluding hydrogens is 262 g/mol. The van der Waals surface area contributed by atoms with Crippen LogP contribution in [-0.2, 0) is 13.5 Å². The van der Waals surface area contributed by atoms with E-state index in [2.05, 4.69) is 40.6 Å². The van der Waals surface area contributed by atoms with Crippen LogP contribution in [0.5, 0.6) is 0 Å². The van der Waals surface area contributed by atoms with Crippen molar-refractivity contribution >= 4 is 10.8 Å². The molecule has 0 amide bonds. The normalized spacial score (nSPS) is 12.7. The number of nitrogens with one attached hydrogen (secondary N) is 1. The largest absolute Gasteiger partial charge is 0.271 e. The summed E-state index contributed by atoms with van der Waals surface area (Å²) in [5, 5.41) is 6.76. The third-order valence-corrected chi connectivity index (χ3v) is 3.82. The molecule has 1 unspecified atom stereocenters. The van der Waals surface area contributed by atoms with Gasteiger partial charge < -0.3 is 0 Å². The van der Waals surface area contributed by atoms with E-state index in [1.165, 1.54) is 0 Å². The summed E-state index contributed by atoms with van der Waals surface area (Å²) in [6.45, 7) is 2.10. The van der Waals surface area contributed by atoms with Gasteiger partial charge >= 0.3 is 0 Å². The van der Waals surface area contributed by atoms with E-state index in [0.717, 1.165) is 34.1 Å². The zero-order chi connectivity index (χ0) is 14.8. The fraction of sp³-hybridized carbons (Fsp3) is 0.250. The number of hydrogen-bond donors (Lipinski definition) is 2. The predicted molar refractivity (Wildman–Crippen MR) is 83.5 cm³/mol. The van der Waals surface area contributed by atoms with Crippen molar-refractivity contribution in [3.05, 3.63) is 59.7 Å². The highest BCUT2D eigenvalue weighted by Gasteiger charge is 2.19. The molecule has 0 bridgehead atoms. The molecule has 5 nitrogen and oxygen atoms in total. The van der Waals surface area contributed by atoms with Crippen molar-refractivity contribution in [3.8, 4) is 0 Å². The number of benzene rings is 1. The van der Waals surface area contributed by atoms with E-state index in [-0.39, 0.29) is 6.04 Å². The summed E-state index contributed by atoms with van der Waals surface area (Å²) < 4.78 is 1.89. The van der Waals surface area contributed by atoms with Crippen LogP contribution in [-0.4, -0.2) is 14.8 Å². The topological polar surface area (TPSA) is 68.8 Å². The number of aromatic nitrogens is 3. The number of nitrogens with two attached hydrogens (primary N) is 1. The lowest BCUT2D eigenvalue weighted by Crippen LogP contribution is -2.30. The zero-order valence-corrected chi connectivity index (χ0v) is 12.2. The fourth-order valence-corrected chi connectivity index (χ4v) is 2.71. The summed E-state index contributed by atoms with van der Waals surface area (Å²) in [4.78, 5) is 4.24. The quantitative estimate of drug-likeness (QED) is 0.567. The Morgan fingerprint density at radius 1 is 1.33 bits per heavy atom. The third-order valence-electron chi connectivity index (χ3n) is 3.82. The number of hydrazine groups is 1. The number of fused-ring (bicyclic) bond motifs is 1. The van der Waals surface area contributed by atoms with E-state index in [4.69, 9.17) is 5.84 Å². The first-order valence-corrected chi connectivity index (χ1v) is 7.06. The first kappa shape index (κ1) is 13.7. The second-order valence-corrected chi connectivity index (χ2v) is 5.08. The molecule has 3 aromatic rings. The Morgan fingerprint density at radius 3 is 2.90 bits per heavy atom. The molecule has 0 aliphatic rings. The van der Waals surface area contributed by atoms with E-state index < -0.39 is 0 Å². The van der Waals surface area contributed by atoms with Crippen LogP contribution in [0, 0.1) is 0 Å². The predicted octanol–water partition coefficient (Wildman–Crippen LogP) is 2.08. The van der Waals surface area contributed by atoms with Gasteiger partial charge in [-0.3, -0.25) is 15.5 Å². The van der Waals surface area contributed by atoms with E-state index in [1.807, 2.05) is 30.1 Å². The number of hydrogen-bond acceptors (Lipinski definition) is 4. The highest BCUT2D eigenvalue weighted by Crippen LogP contribution is 2.28.